The number of benzene rings is 2. The zero-order valence-electron chi connectivity index (χ0n) is 13.4. The first-order chi connectivity index (χ1) is 10.9. The minimum Gasteiger partial charge on any atom is -0.389 e. The molecule has 118 valence electrons. The molecule has 1 aliphatic heterocycles. The van der Waals surface area contributed by atoms with E-state index in [1.165, 1.54) is 0 Å². The van der Waals surface area contributed by atoms with Crippen LogP contribution in [0.3, 0.4) is 0 Å². The predicted molar refractivity (Wildman–Crippen MR) is 92.0 cm³/mol. The average Bonchev–Trinajstić information content (AvgIpc) is 2.54. The van der Waals surface area contributed by atoms with E-state index in [0.29, 0.717) is 0 Å². The van der Waals surface area contributed by atoms with Crippen molar-refractivity contribution in [3.8, 4) is 0 Å². The molecule has 3 heteroatoms. The summed E-state index contributed by atoms with van der Waals surface area (Å²) in [6.07, 6.45) is 1.60. The normalized spacial score (nSPS) is 24.2. The summed E-state index contributed by atoms with van der Waals surface area (Å²) in [4.78, 5) is 14.8. The van der Waals surface area contributed by atoms with Gasteiger partial charge in [-0.1, -0.05) is 54.6 Å². The zero-order chi connectivity index (χ0) is 16.7. The van der Waals surface area contributed by atoms with Gasteiger partial charge in [-0.2, -0.15) is 0 Å². The van der Waals surface area contributed by atoms with Crippen molar-refractivity contribution < 1.29 is 9.90 Å². The van der Waals surface area contributed by atoms with Crippen molar-refractivity contribution in [2.45, 2.75) is 25.5 Å². The lowest BCUT2D eigenvalue weighted by atomic mass is 9.59. The molecule has 0 aliphatic carbocycles. The van der Waals surface area contributed by atoms with Gasteiger partial charge in [-0.05, 0) is 31.5 Å². The molecule has 2 atom stereocenters. The van der Waals surface area contributed by atoms with Gasteiger partial charge in [0.05, 0.1) is 11.6 Å². The van der Waals surface area contributed by atoms with E-state index in [1.54, 1.807) is 24.8 Å². The lowest BCUT2D eigenvalue weighted by molar-refractivity contribution is -0.154. The summed E-state index contributed by atoms with van der Waals surface area (Å²) < 4.78 is 0. The monoisotopic (exact) mass is 307 g/mol. The fourth-order valence-electron chi connectivity index (χ4n) is 3.52. The van der Waals surface area contributed by atoms with E-state index in [2.05, 4.69) is 6.58 Å². The molecule has 1 amide bonds. The third-order valence-corrected chi connectivity index (χ3v) is 4.75. The van der Waals surface area contributed by atoms with Gasteiger partial charge in [0.25, 0.3) is 0 Å². The van der Waals surface area contributed by atoms with Gasteiger partial charge in [0.15, 0.2) is 0 Å². The van der Waals surface area contributed by atoms with Crippen LogP contribution in [0.2, 0.25) is 0 Å². The Kier molecular flexibility index (Phi) is 3.61. The molecule has 3 rings (SSSR count). The Hall–Kier alpha value is -2.39. The van der Waals surface area contributed by atoms with E-state index in [9.17, 15) is 9.90 Å². The molecular formula is C20H21NO2. The molecule has 2 aromatic rings. The number of β-lactam (4-membered cyclic amide) rings is 1. The van der Waals surface area contributed by atoms with Crippen LogP contribution in [0.15, 0.2) is 73.3 Å². The third kappa shape index (κ3) is 2.12. The molecule has 0 bridgehead atoms. The summed E-state index contributed by atoms with van der Waals surface area (Å²) in [5.74, 6) is -0.125. The molecule has 1 aliphatic rings. The maximum atomic E-state index is 13.0. The highest BCUT2D eigenvalue weighted by Gasteiger charge is 2.66. The molecule has 1 N–H and O–H groups in total. The predicted octanol–water partition coefficient (Wildman–Crippen LogP) is 3.72. The molecule has 23 heavy (non-hydrogen) atoms. The summed E-state index contributed by atoms with van der Waals surface area (Å²) >= 11 is 0. The van der Waals surface area contributed by atoms with Crippen molar-refractivity contribution in [3.63, 3.8) is 0 Å². The van der Waals surface area contributed by atoms with Gasteiger partial charge < -0.3 is 10.0 Å². The lowest BCUT2D eigenvalue weighted by Crippen LogP contribution is -2.70. The first-order valence-electron chi connectivity index (χ1n) is 7.73. The minimum atomic E-state index is -1.21. The average molecular weight is 307 g/mol. The number of hydrogen-bond donors (Lipinski definition) is 1. The number of amides is 1. The van der Waals surface area contributed by atoms with Crippen LogP contribution in [0.25, 0.3) is 0 Å². The topological polar surface area (TPSA) is 40.5 Å². The van der Waals surface area contributed by atoms with E-state index >= 15 is 0 Å². The Morgan fingerprint density at radius 1 is 1.09 bits per heavy atom. The van der Waals surface area contributed by atoms with E-state index in [0.717, 1.165) is 11.3 Å². The largest absolute Gasteiger partial charge is 0.389 e. The lowest BCUT2D eigenvalue weighted by Gasteiger charge is -2.59. The Morgan fingerprint density at radius 3 is 2.09 bits per heavy atom. The second kappa shape index (κ2) is 5.36. The molecule has 2 aromatic carbocycles. The van der Waals surface area contributed by atoms with Crippen LogP contribution >= 0.6 is 0 Å². The van der Waals surface area contributed by atoms with Crippen LogP contribution < -0.4 is 4.90 Å². The Morgan fingerprint density at radius 2 is 1.61 bits per heavy atom. The number of rotatable bonds is 4. The fourth-order valence-corrected chi connectivity index (χ4v) is 3.52. The number of hydrogen-bond acceptors (Lipinski definition) is 2. The first-order valence-corrected chi connectivity index (χ1v) is 7.73. The van der Waals surface area contributed by atoms with Crippen molar-refractivity contribution in [1.29, 1.82) is 0 Å². The molecule has 1 fully saturated rings. The van der Waals surface area contributed by atoms with Crippen molar-refractivity contribution in [2.75, 3.05) is 4.90 Å². The fraction of sp³-hybridized carbons (Fsp3) is 0.250. The number of aliphatic hydroxyl groups is 1. The minimum absolute atomic E-state index is 0.125. The van der Waals surface area contributed by atoms with Gasteiger partial charge in [-0.25, -0.2) is 0 Å². The maximum Gasteiger partial charge on any atom is 0.243 e. The van der Waals surface area contributed by atoms with E-state index in [1.807, 2.05) is 60.7 Å². The summed E-state index contributed by atoms with van der Waals surface area (Å²) in [5.41, 5.74) is -0.437. The summed E-state index contributed by atoms with van der Waals surface area (Å²) in [7, 11) is 0. The highest BCUT2D eigenvalue weighted by atomic mass is 16.3. The highest BCUT2D eigenvalue weighted by Crippen LogP contribution is 2.58. The van der Waals surface area contributed by atoms with E-state index in [-0.39, 0.29) is 11.9 Å². The van der Waals surface area contributed by atoms with Gasteiger partial charge in [0, 0.05) is 5.69 Å². The van der Waals surface area contributed by atoms with Crippen LogP contribution in [-0.2, 0) is 4.79 Å². The number of para-hydroxylation sites is 1. The number of carbonyl (C=O) groups excluding carboxylic acids is 1. The zero-order valence-corrected chi connectivity index (χ0v) is 13.4. The van der Waals surface area contributed by atoms with Crippen molar-refractivity contribution >= 4 is 11.6 Å². The maximum absolute atomic E-state index is 13.0. The van der Waals surface area contributed by atoms with E-state index in [4.69, 9.17) is 0 Å². The van der Waals surface area contributed by atoms with Gasteiger partial charge >= 0.3 is 0 Å². The molecule has 3 nitrogen and oxygen atoms in total. The smallest absolute Gasteiger partial charge is 0.243 e. The molecular weight excluding hydrogens is 286 g/mol. The summed E-state index contributed by atoms with van der Waals surface area (Å²) in [6.45, 7) is 7.21. The number of anilines is 1. The van der Waals surface area contributed by atoms with Crippen LogP contribution in [0.4, 0.5) is 5.69 Å². The highest BCUT2D eigenvalue weighted by molar-refractivity contribution is 6.08. The second-order valence-corrected chi connectivity index (χ2v) is 6.46. The van der Waals surface area contributed by atoms with Crippen molar-refractivity contribution in [3.05, 3.63) is 78.9 Å². The van der Waals surface area contributed by atoms with Crippen molar-refractivity contribution in [2.24, 2.45) is 5.41 Å². The SMILES string of the molecule is C=C[C@@]1(C(C)(C)O)C(=O)N(c2ccccc2)[C@H]1c1ccccc1. The van der Waals surface area contributed by atoms with Crippen LogP contribution in [0.5, 0.6) is 0 Å². The van der Waals surface area contributed by atoms with Gasteiger partial charge in [-0.15, -0.1) is 6.58 Å². The summed E-state index contributed by atoms with van der Waals surface area (Å²) in [6, 6.07) is 19.1. The van der Waals surface area contributed by atoms with Crippen LogP contribution in [0, 0.1) is 5.41 Å². The summed E-state index contributed by atoms with van der Waals surface area (Å²) in [5, 5.41) is 10.7. The Bertz CT molecular complexity index is 718. The Labute approximate surface area is 136 Å². The molecule has 0 spiro atoms. The second-order valence-electron chi connectivity index (χ2n) is 6.46. The molecule has 0 radical (unpaired) electrons. The van der Waals surface area contributed by atoms with Crippen LogP contribution in [0.1, 0.15) is 25.5 Å². The third-order valence-electron chi connectivity index (χ3n) is 4.75. The number of carbonyl (C=O) groups is 1. The molecule has 0 unspecified atom stereocenters. The quantitative estimate of drug-likeness (QED) is 0.691. The van der Waals surface area contributed by atoms with Crippen LogP contribution in [-0.4, -0.2) is 16.6 Å². The van der Waals surface area contributed by atoms with Gasteiger partial charge in [0.1, 0.15) is 5.41 Å². The van der Waals surface area contributed by atoms with Crippen molar-refractivity contribution in [1.82, 2.24) is 0 Å². The van der Waals surface area contributed by atoms with E-state index < -0.39 is 11.0 Å². The van der Waals surface area contributed by atoms with Gasteiger partial charge in [-0.3, -0.25) is 4.79 Å². The molecule has 1 heterocycles. The molecule has 0 saturated carbocycles. The Balaban J connectivity index is 2.17. The molecule has 1 saturated heterocycles. The van der Waals surface area contributed by atoms with Gasteiger partial charge in [0.2, 0.25) is 5.91 Å². The molecule has 0 aromatic heterocycles. The first kappa shape index (κ1) is 15.5. The standard InChI is InChI=1S/C20H21NO2/c1-4-20(19(2,3)23)17(15-11-7-5-8-12-15)21(18(20)22)16-13-9-6-10-14-16/h4-14,17,23H,1H2,2-3H3/t17-,20-/m0/s1. The number of nitrogens with zero attached hydrogens (tertiary/aromatic N) is 1.